The monoisotopic (exact) mass is 476 g/mol. The molecule has 0 spiro atoms. The first-order valence-electron chi connectivity index (χ1n) is 11.9. The minimum absolute atomic E-state index is 0.0302. The number of carbonyl (C=O) groups is 2. The molecule has 0 aromatic heterocycles. The highest BCUT2D eigenvalue weighted by atomic mass is 35.5. The fourth-order valence-electron chi connectivity index (χ4n) is 3.82. The Morgan fingerprint density at radius 2 is 1.44 bits per heavy atom. The van der Waals surface area contributed by atoms with E-state index in [0.29, 0.717) is 30.8 Å². The van der Waals surface area contributed by atoms with Gasteiger partial charge in [0.1, 0.15) is 6.04 Å². The molecular weight excluding hydrogens is 444 g/mol. The number of hydrogen-bond acceptors (Lipinski definition) is 2. The number of benzene rings is 3. The van der Waals surface area contributed by atoms with Gasteiger partial charge in [0.2, 0.25) is 11.8 Å². The van der Waals surface area contributed by atoms with Crippen LogP contribution >= 0.6 is 11.6 Å². The molecule has 2 atom stereocenters. The molecule has 0 saturated heterocycles. The summed E-state index contributed by atoms with van der Waals surface area (Å²) in [6.07, 6.45) is 2.23. The summed E-state index contributed by atoms with van der Waals surface area (Å²) in [5.74, 6) is -0.167. The van der Waals surface area contributed by atoms with Crippen molar-refractivity contribution in [2.75, 3.05) is 0 Å². The van der Waals surface area contributed by atoms with Gasteiger partial charge in [-0.05, 0) is 48.6 Å². The van der Waals surface area contributed by atoms with Crippen LogP contribution in [0.4, 0.5) is 0 Å². The van der Waals surface area contributed by atoms with E-state index in [4.69, 9.17) is 11.6 Å². The van der Waals surface area contributed by atoms with Crippen LogP contribution in [-0.4, -0.2) is 28.8 Å². The number of nitrogens with zero attached hydrogens (tertiary/aromatic N) is 1. The lowest BCUT2D eigenvalue weighted by atomic mass is 10.0. The Labute approximate surface area is 207 Å². The molecule has 0 bridgehead atoms. The maximum atomic E-state index is 13.6. The zero-order valence-electron chi connectivity index (χ0n) is 19.9. The molecule has 0 aliphatic heterocycles. The SMILES string of the molecule is CC[C@H](C)NC(=O)[C@@H](Cc1ccccc1)N(Cc1ccc(Cl)cc1)C(=O)CCc1ccccc1. The molecule has 0 radical (unpaired) electrons. The summed E-state index contributed by atoms with van der Waals surface area (Å²) >= 11 is 6.08. The zero-order chi connectivity index (χ0) is 24.3. The molecule has 3 aromatic rings. The molecule has 0 unspecified atom stereocenters. The fourth-order valence-corrected chi connectivity index (χ4v) is 3.95. The topological polar surface area (TPSA) is 49.4 Å². The van der Waals surface area contributed by atoms with Gasteiger partial charge >= 0.3 is 0 Å². The molecule has 3 aromatic carbocycles. The number of halogens is 1. The minimum atomic E-state index is -0.615. The number of rotatable bonds is 11. The third-order valence-electron chi connectivity index (χ3n) is 6.01. The van der Waals surface area contributed by atoms with Crippen molar-refractivity contribution in [2.45, 2.75) is 58.2 Å². The predicted molar refractivity (Wildman–Crippen MR) is 139 cm³/mol. The van der Waals surface area contributed by atoms with Crippen molar-refractivity contribution in [3.63, 3.8) is 0 Å². The van der Waals surface area contributed by atoms with E-state index in [1.807, 2.05) is 98.8 Å². The summed E-state index contributed by atoms with van der Waals surface area (Å²) < 4.78 is 0. The van der Waals surface area contributed by atoms with Crippen molar-refractivity contribution in [2.24, 2.45) is 0 Å². The van der Waals surface area contributed by atoms with E-state index in [1.165, 1.54) is 0 Å². The Morgan fingerprint density at radius 3 is 2.03 bits per heavy atom. The van der Waals surface area contributed by atoms with Crippen LogP contribution in [0.2, 0.25) is 5.02 Å². The third kappa shape index (κ3) is 7.74. The Morgan fingerprint density at radius 1 is 0.853 bits per heavy atom. The van der Waals surface area contributed by atoms with Gasteiger partial charge in [0.15, 0.2) is 0 Å². The van der Waals surface area contributed by atoms with E-state index in [2.05, 4.69) is 5.32 Å². The lowest BCUT2D eigenvalue weighted by molar-refractivity contribution is -0.141. The van der Waals surface area contributed by atoms with Crippen molar-refractivity contribution < 1.29 is 9.59 Å². The molecule has 0 heterocycles. The van der Waals surface area contributed by atoms with E-state index < -0.39 is 6.04 Å². The molecule has 2 amide bonds. The maximum absolute atomic E-state index is 13.6. The first-order valence-corrected chi connectivity index (χ1v) is 12.3. The number of carbonyl (C=O) groups excluding carboxylic acids is 2. The molecule has 0 saturated carbocycles. The predicted octanol–water partition coefficient (Wildman–Crippen LogP) is 5.83. The van der Waals surface area contributed by atoms with Crippen molar-refractivity contribution in [3.05, 3.63) is 107 Å². The maximum Gasteiger partial charge on any atom is 0.243 e. The van der Waals surface area contributed by atoms with E-state index >= 15 is 0 Å². The fraction of sp³-hybridized carbons (Fsp3) is 0.310. The average molecular weight is 477 g/mol. The first-order chi connectivity index (χ1) is 16.5. The van der Waals surface area contributed by atoms with Gasteiger partial charge in [-0.3, -0.25) is 9.59 Å². The Balaban J connectivity index is 1.90. The van der Waals surface area contributed by atoms with Crippen LogP contribution in [0.1, 0.15) is 43.4 Å². The van der Waals surface area contributed by atoms with Crippen LogP contribution in [0, 0.1) is 0 Å². The van der Waals surface area contributed by atoms with Gasteiger partial charge in [-0.2, -0.15) is 0 Å². The second-order valence-electron chi connectivity index (χ2n) is 8.66. The van der Waals surface area contributed by atoms with Crippen molar-refractivity contribution in [1.29, 1.82) is 0 Å². The minimum Gasteiger partial charge on any atom is -0.352 e. The smallest absolute Gasteiger partial charge is 0.243 e. The molecule has 34 heavy (non-hydrogen) atoms. The van der Waals surface area contributed by atoms with Gasteiger partial charge in [0.05, 0.1) is 0 Å². The highest BCUT2D eigenvalue weighted by Crippen LogP contribution is 2.18. The Kier molecular flexibility index (Phi) is 9.72. The number of hydrogen-bond donors (Lipinski definition) is 1. The summed E-state index contributed by atoms with van der Waals surface area (Å²) in [5, 5.41) is 3.74. The second-order valence-corrected chi connectivity index (χ2v) is 9.09. The van der Waals surface area contributed by atoms with Gasteiger partial charge in [-0.1, -0.05) is 91.3 Å². The molecule has 4 nitrogen and oxygen atoms in total. The number of aryl methyl sites for hydroxylation is 1. The summed E-state index contributed by atoms with van der Waals surface area (Å²) in [5.41, 5.74) is 3.06. The summed E-state index contributed by atoms with van der Waals surface area (Å²) in [4.78, 5) is 28.8. The van der Waals surface area contributed by atoms with E-state index in [0.717, 1.165) is 23.1 Å². The van der Waals surface area contributed by atoms with Crippen molar-refractivity contribution in [1.82, 2.24) is 10.2 Å². The summed E-state index contributed by atoms with van der Waals surface area (Å²) in [6.45, 7) is 4.36. The molecule has 5 heteroatoms. The van der Waals surface area contributed by atoms with E-state index in [-0.39, 0.29) is 17.9 Å². The third-order valence-corrected chi connectivity index (χ3v) is 6.26. The average Bonchev–Trinajstić information content (AvgIpc) is 2.87. The number of amides is 2. The largest absolute Gasteiger partial charge is 0.352 e. The van der Waals surface area contributed by atoms with Gasteiger partial charge in [0.25, 0.3) is 0 Å². The molecule has 1 N–H and O–H groups in total. The highest BCUT2D eigenvalue weighted by Gasteiger charge is 2.30. The highest BCUT2D eigenvalue weighted by molar-refractivity contribution is 6.30. The van der Waals surface area contributed by atoms with E-state index in [9.17, 15) is 9.59 Å². The molecule has 178 valence electrons. The zero-order valence-corrected chi connectivity index (χ0v) is 20.7. The lowest BCUT2D eigenvalue weighted by Crippen LogP contribution is -2.52. The van der Waals surface area contributed by atoms with Gasteiger partial charge in [-0.15, -0.1) is 0 Å². The van der Waals surface area contributed by atoms with Gasteiger partial charge < -0.3 is 10.2 Å². The first kappa shape index (κ1) is 25.5. The normalized spacial score (nSPS) is 12.6. The molecule has 0 aliphatic carbocycles. The second kappa shape index (κ2) is 13.0. The van der Waals surface area contributed by atoms with Crippen LogP contribution in [0.25, 0.3) is 0 Å². The van der Waals surface area contributed by atoms with Crippen LogP contribution in [0.15, 0.2) is 84.9 Å². The van der Waals surface area contributed by atoms with Gasteiger partial charge in [-0.25, -0.2) is 0 Å². The number of nitrogens with one attached hydrogen (secondary N) is 1. The van der Waals surface area contributed by atoms with Crippen LogP contribution in [-0.2, 0) is 29.0 Å². The summed E-state index contributed by atoms with van der Waals surface area (Å²) in [7, 11) is 0. The van der Waals surface area contributed by atoms with Crippen molar-refractivity contribution >= 4 is 23.4 Å². The molecule has 3 rings (SSSR count). The molecular formula is C29H33ClN2O2. The van der Waals surface area contributed by atoms with E-state index in [1.54, 1.807) is 4.90 Å². The summed E-state index contributed by atoms with van der Waals surface area (Å²) in [6, 6.07) is 26.7. The lowest BCUT2D eigenvalue weighted by Gasteiger charge is -2.32. The molecule has 0 fully saturated rings. The van der Waals surface area contributed by atoms with Crippen LogP contribution in [0.5, 0.6) is 0 Å². The standard InChI is InChI=1S/C29H33ClN2O2/c1-3-22(2)31-29(34)27(20-24-12-8-5-9-13-24)32(21-25-14-17-26(30)18-15-25)28(33)19-16-23-10-6-4-7-11-23/h4-15,17-18,22,27H,3,16,19-21H2,1-2H3,(H,31,34)/t22-,27+/m0/s1. The Hall–Kier alpha value is -3.11. The van der Waals surface area contributed by atoms with Crippen molar-refractivity contribution in [3.8, 4) is 0 Å². The van der Waals surface area contributed by atoms with Crippen LogP contribution in [0.3, 0.4) is 0 Å². The quantitative estimate of drug-likeness (QED) is 0.378. The molecule has 0 aliphatic rings. The Bertz CT molecular complexity index is 1040. The van der Waals surface area contributed by atoms with Crippen LogP contribution < -0.4 is 5.32 Å². The van der Waals surface area contributed by atoms with Gasteiger partial charge in [0, 0.05) is 30.5 Å².